The van der Waals surface area contributed by atoms with Gasteiger partial charge in [-0.2, -0.15) is 0 Å². The Morgan fingerprint density at radius 2 is 2.55 bits per heavy atom. The van der Waals surface area contributed by atoms with Crippen molar-refractivity contribution in [2.24, 2.45) is 0 Å². The van der Waals surface area contributed by atoms with Crippen molar-refractivity contribution in [3.63, 3.8) is 0 Å². The zero-order chi connectivity index (χ0) is 8.27. The number of ether oxygens (including phenoxy) is 1. The molecule has 0 radical (unpaired) electrons. The number of carbonyl (C=O) groups excluding carboxylic acids is 1. The highest BCUT2D eigenvalue weighted by Crippen LogP contribution is 2.07. The maximum absolute atomic E-state index is 11.1. The summed E-state index contributed by atoms with van der Waals surface area (Å²) in [7, 11) is 1.90. The van der Waals surface area contributed by atoms with Crippen molar-refractivity contribution >= 4 is 5.97 Å². The molecule has 0 aromatic carbocycles. The van der Waals surface area contributed by atoms with Gasteiger partial charge < -0.3 is 4.74 Å². The van der Waals surface area contributed by atoms with E-state index in [0.717, 1.165) is 6.54 Å². The van der Waals surface area contributed by atoms with Gasteiger partial charge in [0.15, 0.2) is 0 Å². The standard InChI is InChI=1S/C8H13NO2/c1-3-11-8(10)7-5-4-6-9(7)2/h4-5,7H,3,6H2,1-2H3. The van der Waals surface area contributed by atoms with Gasteiger partial charge in [-0.25, -0.2) is 0 Å². The molecule has 3 nitrogen and oxygen atoms in total. The van der Waals surface area contributed by atoms with E-state index in [1.54, 1.807) is 0 Å². The maximum atomic E-state index is 11.1. The Hall–Kier alpha value is -0.830. The van der Waals surface area contributed by atoms with Crippen LogP contribution >= 0.6 is 0 Å². The molecule has 1 aliphatic rings. The minimum atomic E-state index is -0.157. The largest absolute Gasteiger partial charge is 0.465 e. The van der Waals surface area contributed by atoms with Gasteiger partial charge in [-0.15, -0.1) is 0 Å². The minimum Gasteiger partial charge on any atom is -0.465 e. The summed E-state index contributed by atoms with van der Waals surface area (Å²) in [5.41, 5.74) is 0. The fourth-order valence-corrected chi connectivity index (χ4v) is 1.10. The first-order valence-electron chi connectivity index (χ1n) is 3.79. The fraction of sp³-hybridized carbons (Fsp3) is 0.625. The predicted molar refractivity (Wildman–Crippen MR) is 42.2 cm³/mol. The first kappa shape index (κ1) is 8.27. The molecule has 0 aromatic rings. The number of hydrogen-bond acceptors (Lipinski definition) is 3. The second-order valence-electron chi connectivity index (χ2n) is 2.56. The molecule has 1 rings (SSSR count). The Kier molecular flexibility index (Phi) is 2.65. The summed E-state index contributed by atoms with van der Waals surface area (Å²) in [6.07, 6.45) is 3.85. The van der Waals surface area contributed by atoms with Crippen molar-refractivity contribution in [3.05, 3.63) is 12.2 Å². The molecular weight excluding hydrogens is 142 g/mol. The first-order chi connectivity index (χ1) is 5.25. The third-order valence-electron chi connectivity index (χ3n) is 1.71. The van der Waals surface area contributed by atoms with Crippen LogP contribution in [0.1, 0.15) is 6.92 Å². The normalized spacial score (nSPS) is 24.0. The van der Waals surface area contributed by atoms with Crippen LogP contribution in [0.5, 0.6) is 0 Å². The average molecular weight is 155 g/mol. The second-order valence-corrected chi connectivity index (χ2v) is 2.56. The van der Waals surface area contributed by atoms with Gasteiger partial charge in [0.05, 0.1) is 6.61 Å². The van der Waals surface area contributed by atoms with E-state index in [1.807, 2.05) is 31.0 Å². The summed E-state index contributed by atoms with van der Waals surface area (Å²) in [6, 6.07) is -0.157. The molecule has 0 saturated carbocycles. The van der Waals surface area contributed by atoms with Crippen LogP contribution in [0.3, 0.4) is 0 Å². The van der Waals surface area contributed by atoms with E-state index in [2.05, 4.69) is 0 Å². The molecule has 0 N–H and O–H groups in total. The summed E-state index contributed by atoms with van der Waals surface area (Å²) < 4.78 is 4.86. The van der Waals surface area contributed by atoms with Crippen LogP contribution in [0.25, 0.3) is 0 Å². The molecular formula is C8H13NO2. The number of esters is 1. The average Bonchev–Trinajstić information content (AvgIpc) is 2.36. The molecule has 1 atom stereocenters. The van der Waals surface area contributed by atoms with Crippen molar-refractivity contribution < 1.29 is 9.53 Å². The summed E-state index contributed by atoms with van der Waals surface area (Å²) >= 11 is 0. The molecule has 0 aromatic heterocycles. The number of hydrogen-bond donors (Lipinski definition) is 0. The van der Waals surface area contributed by atoms with E-state index in [1.165, 1.54) is 0 Å². The molecule has 11 heavy (non-hydrogen) atoms. The van der Waals surface area contributed by atoms with Crippen molar-refractivity contribution in [1.29, 1.82) is 0 Å². The molecule has 1 heterocycles. The van der Waals surface area contributed by atoms with Crippen LogP contribution in [0.4, 0.5) is 0 Å². The summed E-state index contributed by atoms with van der Waals surface area (Å²) in [5.74, 6) is -0.149. The Bertz CT molecular complexity index is 177. The lowest BCUT2D eigenvalue weighted by molar-refractivity contribution is -0.146. The first-order valence-corrected chi connectivity index (χ1v) is 3.79. The van der Waals surface area contributed by atoms with Crippen molar-refractivity contribution in [3.8, 4) is 0 Å². The van der Waals surface area contributed by atoms with E-state index < -0.39 is 0 Å². The third kappa shape index (κ3) is 1.80. The summed E-state index contributed by atoms with van der Waals surface area (Å²) in [4.78, 5) is 13.1. The van der Waals surface area contributed by atoms with Gasteiger partial charge in [0.25, 0.3) is 0 Å². The molecule has 1 aliphatic heterocycles. The van der Waals surface area contributed by atoms with E-state index in [9.17, 15) is 4.79 Å². The van der Waals surface area contributed by atoms with E-state index in [0.29, 0.717) is 6.61 Å². The molecule has 3 heteroatoms. The van der Waals surface area contributed by atoms with Crippen LogP contribution in [0, 0.1) is 0 Å². The Labute approximate surface area is 66.6 Å². The van der Waals surface area contributed by atoms with Crippen LogP contribution in [0.2, 0.25) is 0 Å². The summed E-state index contributed by atoms with van der Waals surface area (Å²) in [6.45, 7) is 3.11. The van der Waals surface area contributed by atoms with E-state index in [4.69, 9.17) is 4.74 Å². The van der Waals surface area contributed by atoms with Gasteiger partial charge in [0.2, 0.25) is 0 Å². The van der Waals surface area contributed by atoms with Gasteiger partial charge in [0.1, 0.15) is 6.04 Å². The zero-order valence-corrected chi connectivity index (χ0v) is 6.91. The molecule has 0 fully saturated rings. The molecule has 0 amide bonds. The number of carbonyl (C=O) groups is 1. The molecule has 0 aliphatic carbocycles. The second kappa shape index (κ2) is 3.53. The lowest BCUT2D eigenvalue weighted by Crippen LogP contribution is -2.34. The van der Waals surface area contributed by atoms with Gasteiger partial charge in [0, 0.05) is 6.54 Å². The lowest BCUT2D eigenvalue weighted by atomic mass is 10.3. The van der Waals surface area contributed by atoms with Gasteiger partial charge in [-0.05, 0) is 14.0 Å². The molecule has 0 saturated heterocycles. The SMILES string of the molecule is CCOC(=O)C1C=CCN1C. The van der Waals surface area contributed by atoms with Gasteiger partial charge in [-0.3, -0.25) is 9.69 Å². The quantitative estimate of drug-likeness (QED) is 0.427. The number of nitrogens with zero attached hydrogens (tertiary/aromatic N) is 1. The van der Waals surface area contributed by atoms with Gasteiger partial charge in [-0.1, -0.05) is 12.2 Å². The van der Waals surface area contributed by atoms with Crippen LogP contribution < -0.4 is 0 Å². The predicted octanol–water partition coefficient (Wildman–Crippen LogP) is 0.420. The van der Waals surface area contributed by atoms with Crippen LogP contribution in [0.15, 0.2) is 12.2 Å². The topological polar surface area (TPSA) is 29.5 Å². The molecule has 1 unspecified atom stereocenters. The van der Waals surface area contributed by atoms with Crippen molar-refractivity contribution in [2.45, 2.75) is 13.0 Å². The van der Waals surface area contributed by atoms with E-state index in [-0.39, 0.29) is 12.0 Å². The Morgan fingerprint density at radius 1 is 1.82 bits per heavy atom. The summed E-state index contributed by atoms with van der Waals surface area (Å²) in [5, 5.41) is 0. The molecule has 0 bridgehead atoms. The highest BCUT2D eigenvalue weighted by atomic mass is 16.5. The maximum Gasteiger partial charge on any atom is 0.327 e. The van der Waals surface area contributed by atoms with Gasteiger partial charge >= 0.3 is 5.97 Å². The number of rotatable bonds is 2. The number of likely N-dealkylation sites (N-methyl/N-ethyl adjacent to an activating group) is 1. The lowest BCUT2D eigenvalue weighted by Gasteiger charge is -2.16. The molecule has 0 spiro atoms. The molecule has 62 valence electrons. The Morgan fingerprint density at radius 3 is 3.00 bits per heavy atom. The third-order valence-corrected chi connectivity index (χ3v) is 1.71. The zero-order valence-electron chi connectivity index (χ0n) is 6.91. The smallest absolute Gasteiger partial charge is 0.327 e. The van der Waals surface area contributed by atoms with Crippen molar-refractivity contribution in [2.75, 3.05) is 20.2 Å². The van der Waals surface area contributed by atoms with Crippen LogP contribution in [-0.2, 0) is 9.53 Å². The minimum absolute atomic E-state index is 0.149. The Balaban J connectivity index is 2.46. The highest BCUT2D eigenvalue weighted by molar-refractivity contribution is 5.78. The van der Waals surface area contributed by atoms with Crippen LogP contribution in [-0.4, -0.2) is 37.1 Å². The monoisotopic (exact) mass is 155 g/mol. The van der Waals surface area contributed by atoms with E-state index >= 15 is 0 Å². The highest BCUT2D eigenvalue weighted by Gasteiger charge is 2.23. The fourth-order valence-electron chi connectivity index (χ4n) is 1.10. The van der Waals surface area contributed by atoms with Crippen molar-refractivity contribution in [1.82, 2.24) is 4.90 Å².